The van der Waals surface area contributed by atoms with Crippen molar-refractivity contribution in [2.75, 3.05) is 0 Å². The van der Waals surface area contributed by atoms with Crippen LogP contribution in [0.2, 0.25) is 0 Å². The zero-order chi connectivity index (χ0) is 15.7. The van der Waals surface area contributed by atoms with E-state index in [-0.39, 0.29) is 16.8 Å². The van der Waals surface area contributed by atoms with E-state index < -0.39 is 17.7 Å². The summed E-state index contributed by atoms with van der Waals surface area (Å²) in [5.74, 6) is -1.98. The van der Waals surface area contributed by atoms with E-state index in [0.717, 1.165) is 4.90 Å². The molecule has 1 aromatic heterocycles. The van der Waals surface area contributed by atoms with Gasteiger partial charge in [0.1, 0.15) is 5.70 Å². The molecule has 1 aromatic carbocycles. The summed E-state index contributed by atoms with van der Waals surface area (Å²) in [6.45, 7) is 0. The first-order valence-electron chi connectivity index (χ1n) is 6.49. The number of nitrogens with zero attached hydrogens (tertiary/aromatic N) is 2. The van der Waals surface area contributed by atoms with E-state index in [2.05, 4.69) is 4.98 Å². The average molecular weight is 293 g/mol. The average Bonchev–Trinajstić information content (AvgIpc) is 2.78. The van der Waals surface area contributed by atoms with Gasteiger partial charge in [-0.2, -0.15) is 0 Å². The number of rotatable bonds is 3. The molecule has 108 valence electrons. The van der Waals surface area contributed by atoms with Crippen LogP contribution in [0.15, 0.2) is 54.5 Å². The molecule has 2 heterocycles. The topological polar surface area (TPSA) is 93.4 Å². The Morgan fingerprint density at radius 3 is 2.18 bits per heavy atom. The number of primary amides is 1. The monoisotopic (exact) mass is 293 g/mol. The molecule has 1 aliphatic heterocycles. The molecular weight excluding hydrogens is 282 g/mol. The molecule has 0 radical (unpaired) electrons. The van der Waals surface area contributed by atoms with Crippen molar-refractivity contribution in [2.24, 2.45) is 5.73 Å². The maximum absolute atomic E-state index is 12.4. The summed E-state index contributed by atoms with van der Waals surface area (Å²) in [5, 5.41) is 0. The predicted molar refractivity (Wildman–Crippen MR) is 78.4 cm³/mol. The van der Waals surface area contributed by atoms with Gasteiger partial charge in [0.15, 0.2) is 0 Å². The normalized spacial score (nSPS) is 14.2. The molecule has 0 atom stereocenters. The molecule has 6 nitrogen and oxygen atoms in total. The van der Waals surface area contributed by atoms with E-state index in [1.165, 1.54) is 24.4 Å². The highest BCUT2D eigenvalue weighted by molar-refractivity contribution is 6.25. The lowest BCUT2D eigenvalue weighted by Gasteiger charge is -2.15. The predicted octanol–water partition coefficient (Wildman–Crippen LogP) is 1.20. The highest BCUT2D eigenvalue weighted by atomic mass is 16.2. The minimum absolute atomic E-state index is 0.181. The lowest BCUT2D eigenvalue weighted by atomic mass is 10.1. The summed E-state index contributed by atoms with van der Waals surface area (Å²) < 4.78 is 0. The summed E-state index contributed by atoms with van der Waals surface area (Å²) in [6.07, 6.45) is 4.45. The summed E-state index contributed by atoms with van der Waals surface area (Å²) in [7, 11) is 0. The Balaban J connectivity index is 2.09. The molecule has 6 heteroatoms. The Bertz CT molecular complexity index is 777. The van der Waals surface area contributed by atoms with Crippen LogP contribution in [-0.4, -0.2) is 27.6 Å². The summed E-state index contributed by atoms with van der Waals surface area (Å²) in [4.78, 5) is 41.2. The number of imide groups is 1. The second kappa shape index (κ2) is 5.25. The van der Waals surface area contributed by atoms with Gasteiger partial charge in [0.05, 0.1) is 11.1 Å². The number of benzene rings is 1. The van der Waals surface area contributed by atoms with Crippen LogP contribution in [0.3, 0.4) is 0 Å². The van der Waals surface area contributed by atoms with Crippen molar-refractivity contribution >= 4 is 23.8 Å². The first kappa shape index (κ1) is 13.7. The quantitative estimate of drug-likeness (QED) is 0.679. The number of pyridine rings is 1. The van der Waals surface area contributed by atoms with Crippen molar-refractivity contribution in [1.82, 2.24) is 9.88 Å². The Hall–Kier alpha value is -3.28. The molecule has 3 amide bonds. The van der Waals surface area contributed by atoms with Crippen LogP contribution in [0.1, 0.15) is 26.3 Å². The minimum Gasteiger partial charge on any atom is -0.364 e. The molecule has 2 N–H and O–H groups in total. The highest BCUT2D eigenvalue weighted by Gasteiger charge is 2.39. The fraction of sp³-hybridized carbons (Fsp3) is 0. The molecule has 0 fully saturated rings. The van der Waals surface area contributed by atoms with E-state index in [0.29, 0.717) is 5.56 Å². The summed E-state index contributed by atoms with van der Waals surface area (Å²) in [6, 6.07) is 9.75. The first-order chi connectivity index (χ1) is 10.6. The first-order valence-corrected chi connectivity index (χ1v) is 6.49. The Morgan fingerprint density at radius 1 is 1.05 bits per heavy atom. The number of carbonyl (C=O) groups excluding carboxylic acids is 3. The molecule has 2 aromatic rings. The van der Waals surface area contributed by atoms with E-state index in [4.69, 9.17) is 5.73 Å². The molecule has 22 heavy (non-hydrogen) atoms. The molecule has 0 spiro atoms. The van der Waals surface area contributed by atoms with Gasteiger partial charge in [-0.1, -0.05) is 18.2 Å². The number of amides is 3. The number of fused-ring (bicyclic) bond motifs is 1. The van der Waals surface area contributed by atoms with E-state index >= 15 is 0 Å². The molecule has 0 saturated heterocycles. The van der Waals surface area contributed by atoms with Crippen LogP contribution in [0, 0.1) is 0 Å². The van der Waals surface area contributed by atoms with Crippen LogP contribution in [0.4, 0.5) is 0 Å². The molecule has 0 unspecified atom stereocenters. The summed E-state index contributed by atoms with van der Waals surface area (Å²) >= 11 is 0. The van der Waals surface area contributed by atoms with Gasteiger partial charge in [-0.25, -0.2) is 4.90 Å². The van der Waals surface area contributed by atoms with Crippen LogP contribution in [-0.2, 0) is 4.79 Å². The Labute approximate surface area is 125 Å². The highest BCUT2D eigenvalue weighted by Crippen LogP contribution is 2.26. The van der Waals surface area contributed by atoms with Crippen molar-refractivity contribution in [3.8, 4) is 0 Å². The van der Waals surface area contributed by atoms with E-state index in [1.54, 1.807) is 30.5 Å². The SMILES string of the molecule is NC(=O)C(=Cc1cccnc1)N1C(=O)c2ccccc2C1=O. The van der Waals surface area contributed by atoms with Crippen LogP contribution in [0.25, 0.3) is 6.08 Å². The third kappa shape index (κ3) is 2.16. The van der Waals surface area contributed by atoms with Gasteiger partial charge in [0.25, 0.3) is 17.7 Å². The van der Waals surface area contributed by atoms with Gasteiger partial charge in [-0.15, -0.1) is 0 Å². The lowest BCUT2D eigenvalue weighted by Crippen LogP contribution is -2.35. The molecule has 0 bridgehead atoms. The lowest BCUT2D eigenvalue weighted by molar-refractivity contribution is -0.115. The molecule has 0 saturated carbocycles. The number of hydrogen-bond acceptors (Lipinski definition) is 4. The maximum Gasteiger partial charge on any atom is 0.266 e. The second-order valence-electron chi connectivity index (χ2n) is 4.67. The standard InChI is InChI=1S/C16H11N3O3/c17-14(20)13(8-10-4-3-7-18-9-10)19-15(21)11-5-1-2-6-12(11)16(19)22/h1-9H,(H2,17,20). The van der Waals surface area contributed by atoms with Crippen molar-refractivity contribution in [3.05, 3.63) is 71.2 Å². The van der Waals surface area contributed by atoms with Gasteiger partial charge in [0, 0.05) is 12.4 Å². The van der Waals surface area contributed by atoms with Crippen LogP contribution >= 0.6 is 0 Å². The van der Waals surface area contributed by atoms with Crippen molar-refractivity contribution in [2.45, 2.75) is 0 Å². The number of aromatic nitrogens is 1. The number of nitrogens with two attached hydrogens (primary N) is 1. The summed E-state index contributed by atoms with van der Waals surface area (Å²) in [5.41, 5.74) is 6.24. The van der Waals surface area contributed by atoms with Crippen LogP contribution in [0.5, 0.6) is 0 Å². The second-order valence-corrected chi connectivity index (χ2v) is 4.67. The van der Waals surface area contributed by atoms with E-state index in [9.17, 15) is 14.4 Å². The molecule has 0 aliphatic carbocycles. The van der Waals surface area contributed by atoms with Crippen molar-refractivity contribution in [1.29, 1.82) is 0 Å². The Kier molecular flexibility index (Phi) is 3.27. The smallest absolute Gasteiger partial charge is 0.266 e. The van der Waals surface area contributed by atoms with Crippen LogP contribution < -0.4 is 5.73 Å². The zero-order valence-electron chi connectivity index (χ0n) is 11.4. The third-order valence-corrected chi connectivity index (χ3v) is 3.28. The molecule has 1 aliphatic rings. The molecular formula is C16H11N3O3. The van der Waals surface area contributed by atoms with Crippen molar-refractivity contribution < 1.29 is 14.4 Å². The minimum atomic E-state index is -0.863. The fourth-order valence-electron chi connectivity index (χ4n) is 2.27. The van der Waals surface area contributed by atoms with Crippen molar-refractivity contribution in [3.63, 3.8) is 0 Å². The number of carbonyl (C=O) groups is 3. The Morgan fingerprint density at radius 2 is 1.68 bits per heavy atom. The number of hydrogen-bond donors (Lipinski definition) is 1. The van der Waals surface area contributed by atoms with Gasteiger partial charge >= 0.3 is 0 Å². The fourth-order valence-corrected chi connectivity index (χ4v) is 2.27. The van der Waals surface area contributed by atoms with Gasteiger partial charge in [0.2, 0.25) is 0 Å². The van der Waals surface area contributed by atoms with Gasteiger partial charge in [-0.05, 0) is 29.8 Å². The largest absolute Gasteiger partial charge is 0.364 e. The van der Waals surface area contributed by atoms with E-state index in [1.807, 2.05) is 0 Å². The molecule has 3 rings (SSSR count). The third-order valence-electron chi connectivity index (χ3n) is 3.28. The van der Waals surface area contributed by atoms with Gasteiger partial charge < -0.3 is 5.73 Å². The maximum atomic E-state index is 12.4. The van der Waals surface area contributed by atoms with Gasteiger partial charge in [-0.3, -0.25) is 19.4 Å². The zero-order valence-corrected chi connectivity index (χ0v) is 11.4.